The molecule has 1 aliphatic heterocycles. The van der Waals surface area contributed by atoms with Gasteiger partial charge in [-0.3, -0.25) is 4.79 Å². The standard InChI is InChI=1S/C21H27ClN4O4/c1-21(2,3)30-20(29)25-9-10-26(17(13-25)19-23-7-8-24(19)4)18(28)11-14-5-6-15(27)12-16(14)22/h5-8,12,17,27H,9-11,13H2,1-4H3/t17-/m1/s1. The van der Waals surface area contributed by atoms with Gasteiger partial charge in [-0.25, -0.2) is 9.78 Å². The van der Waals surface area contributed by atoms with Crippen molar-refractivity contribution in [3.63, 3.8) is 0 Å². The number of hydrogen-bond donors (Lipinski definition) is 1. The molecule has 1 N–H and O–H groups in total. The molecule has 1 aromatic carbocycles. The minimum Gasteiger partial charge on any atom is -0.508 e. The number of carbonyl (C=O) groups excluding carboxylic acids is 2. The van der Waals surface area contributed by atoms with E-state index in [1.54, 1.807) is 28.3 Å². The first-order chi connectivity index (χ1) is 14.0. The van der Waals surface area contributed by atoms with Crippen LogP contribution in [0.2, 0.25) is 5.02 Å². The summed E-state index contributed by atoms with van der Waals surface area (Å²) in [6, 6.07) is 4.16. The van der Waals surface area contributed by atoms with Gasteiger partial charge in [0.1, 0.15) is 23.2 Å². The van der Waals surface area contributed by atoms with Crippen LogP contribution in [0.3, 0.4) is 0 Å². The fraction of sp³-hybridized carbons (Fsp3) is 0.476. The molecule has 2 amide bonds. The Kier molecular flexibility index (Phi) is 6.26. The minimum atomic E-state index is -0.599. The number of ether oxygens (including phenoxy) is 1. The summed E-state index contributed by atoms with van der Waals surface area (Å²) in [6.07, 6.45) is 3.16. The first kappa shape index (κ1) is 22.0. The number of nitrogens with zero attached hydrogens (tertiary/aromatic N) is 4. The molecule has 162 valence electrons. The van der Waals surface area contributed by atoms with Crippen LogP contribution >= 0.6 is 11.6 Å². The number of phenols is 1. The monoisotopic (exact) mass is 434 g/mol. The molecule has 3 rings (SSSR count). The molecule has 0 bridgehead atoms. The van der Waals surface area contributed by atoms with E-state index in [1.807, 2.05) is 32.4 Å². The van der Waals surface area contributed by atoms with Gasteiger partial charge in [0.2, 0.25) is 5.91 Å². The van der Waals surface area contributed by atoms with E-state index in [9.17, 15) is 14.7 Å². The second-order valence-electron chi connectivity index (χ2n) is 8.38. The molecule has 0 unspecified atom stereocenters. The second-order valence-corrected chi connectivity index (χ2v) is 8.79. The van der Waals surface area contributed by atoms with Gasteiger partial charge in [0.15, 0.2) is 0 Å². The lowest BCUT2D eigenvalue weighted by Crippen LogP contribution is -2.54. The van der Waals surface area contributed by atoms with Crippen molar-refractivity contribution in [1.29, 1.82) is 0 Å². The summed E-state index contributed by atoms with van der Waals surface area (Å²) in [5, 5.41) is 9.88. The number of carbonyl (C=O) groups is 2. The molecule has 2 aromatic rings. The molecule has 9 heteroatoms. The number of hydrogen-bond acceptors (Lipinski definition) is 5. The SMILES string of the molecule is Cn1ccnc1[C@H]1CN(C(=O)OC(C)(C)C)CCN1C(=O)Cc1ccc(O)cc1Cl. The zero-order chi connectivity index (χ0) is 22.1. The molecule has 1 aliphatic rings. The number of piperazine rings is 1. The van der Waals surface area contributed by atoms with Crippen LogP contribution in [0.15, 0.2) is 30.6 Å². The highest BCUT2D eigenvalue weighted by Gasteiger charge is 2.37. The molecule has 0 saturated carbocycles. The van der Waals surface area contributed by atoms with Crippen molar-refractivity contribution in [3.05, 3.63) is 47.0 Å². The molecule has 1 atom stereocenters. The summed E-state index contributed by atoms with van der Waals surface area (Å²) >= 11 is 6.18. The zero-order valence-corrected chi connectivity index (χ0v) is 18.4. The topological polar surface area (TPSA) is 87.9 Å². The number of halogens is 1. The largest absolute Gasteiger partial charge is 0.508 e. The number of phenolic OH excluding ortho intramolecular Hbond substituents is 1. The average molecular weight is 435 g/mol. The summed E-state index contributed by atoms with van der Waals surface area (Å²) in [5.74, 6) is 0.612. The van der Waals surface area contributed by atoms with E-state index in [2.05, 4.69) is 4.98 Å². The normalized spacial score (nSPS) is 17.2. The van der Waals surface area contributed by atoms with Crippen LogP contribution in [0.5, 0.6) is 5.75 Å². The second kappa shape index (κ2) is 8.55. The highest BCUT2D eigenvalue weighted by molar-refractivity contribution is 6.31. The van der Waals surface area contributed by atoms with Gasteiger partial charge in [-0.05, 0) is 38.5 Å². The lowest BCUT2D eigenvalue weighted by Gasteiger charge is -2.41. The highest BCUT2D eigenvalue weighted by Crippen LogP contribution is 2.28. The minimum absolute atomic E-state index is 0.0491. The van der Waals surface area contributed by atoms with Crippen LogP contribution in [0.1, 0.15) is 38.2 Å². The Bertz CT molecular complexity index is 937. The van der Waals surface area contributed by atoms with Crippen LogP contribution in [-0.2, 0) is 23.0 Å². The average Bonchev–Trinajstić information content (AvgIpc) is 3.08. The molecular weight excluding hydrogens is 408 g/mol. The Hall–Kier alpha value is -2.74. The van der Waals surface area contributed by atoms with E-state index < -0.39 is 17.7 Å². The predicted octanol–water partition coefficient (Wildman–Crippen LogP) is 3.14. The van der Waals surface area contributed by atoms with Crippen LogP contribution in [0, 0.1) is 0 Å². The van der Waals surface area contributed by atoms with Crippen molar-refractivity contribution >= 4 is 23.6 Å². The molecule has 1 saturated heterocycles. The van der Waals surface area contributed by atoms with Gasteiger partial charge in [0, 0.05) is 37.6 Å². The van der Waals surface area contributed by atoms with Gasteiger partial charge in [-0.1, -0.05) is 17.7 Å². The third-order valence-corrected chi connectivity index (χ3v) is 5.24. The van der Waals surface area contributed by atoms with Gasteiger partial charge >= 0.3 is 6.09 Å². The maximum absolute atomic E-state index is 13.2. The quantitative estimate of drug-likeness (QED) is 0.801. The van der Waals surface area contributed by atoms with Gasteiger partial charge < -0.3 is 24.2 Å². The molecule has 0 radical (unpaired) electrons. The number of aryl methyl sites for hydroxylation is 1. The summed E-state index contributed by atoms with van der Waals surface area (Å²) in [5.41, 5.74) is 0.0332. The maximum Gasteiger partial charge on any atom is 0.410 e. The van der Waals surface area contributed by atoms with E-state index in [0.717, 1.165) is 0 Å². The van der Waals surface area contributed by atoms with E-state index in [0.29, 0.717) is 29.5 Å². The van der Waals surface area contributed by atoms with Crippen LogP contribution in [0.25, 0.3) is 0 Å². The smallest absolute Gasteiger partial charge is 0.410 e. The number of benzene rings is 1. The number of imidazole rings is 1. The molecule has 1 fully saturated rings. The Morgan fingerprint density at radius 1 is 1.30 bits per heavy atom. The van der Waals surface area contributed by atoms with Crippen molar-refractivity contribution in [2.45, 2.75) is 38.8 Å². The Morgan fingerprint density at radius 2 is 2.03 bits per heavy atom. The Balaban J connectivity index is 1.82. The Labute approximate surface area is 181 Å². The van der Waals surface area contributed by atoms with Crippen molar-refractivity contribution in [2.75, 3.05) is 19.6 Å². The summed E-state index contributed by atoms with van der Waals surface area (Å²) in [4.78, 5) is 33.5. The molecule has 1 aromatic heterocycles. The van der Waals surface area contributed by atoms with E-state index in [1.165, 1.54) is 12.1 Å². The molecule has 0 aliphatic carbocycles. The summed E-state index contributed by atoms with van der Waals surface area (Å²) < 4.78 is 7.35. The zero-order valence-electron chi connectivity index (χ0n) is 17.6. The number of aromatic nitrogens is 2. The third kappa shape index (κ3) is 5.05. The summed E-state index contributed by atoms with van der Waals surface area (Å²) in [7, 11) is 1.86. The maximum atomic E-state index is 13.2. The predicted molar refractivity (Wildman–Crippen MR) is 112 cm³/mol. The van der Waals surface area contributed by atoms with Crippen molar-refractivity contribution in [3.8, 4) is 5.75 Å². The van der Waals surface area contributed by atoms with E-state index in [-0.39, 0.29) is 24.6 Å². The van der Waals surface area contributed by atoms with Crippen LogP contribution in [0.4, 0.5) is 4.79 Å². The molecule has 0 spiro atoms. The number of aromatic hydroxyl groups is 1. The van der Waals surface area contributed by atoms with Gasteiger partial charge in [0.05, 0.1) is 13.0 Å². The lowest BCUT2D eigenvalue weighted by molar-refractivity contribution is -0.136. The van der Waals surface area contributed by atoms with Crippen molar-refractivity contribution in [1.82, 2.24) is 19.4 Å². The van der Waals surface area contributed by atoms with Crippen LogP contribution in [-0.4, -0.2) is 61.7 Å². The molecular formula is C21H27ClN4O4. The number of amides is 2. The van der Waals surface area contributed by atoms with Crippen molar-refractivity contribution < 1.29 is 19.4 Å². The van der Waals surface area contributed by atoms with Crippen molar-refractivity contribution in [2.24, 2.45) is 7.05 Å². The fourth-order valence-electron chi connectivity index (χ4n) is 3.44. The molecule has 2 heterocycles. The van der Waals surface area contributed by atoms with E-state index >= 15 is 0 Å². The van der Waals surface area contributed by atoms with Gasteiger partial charge in [-0.15, -0.1) is 0 Å². The fourth-order valence-corrected chi connectivity index (χ4v) is 3.68. The van der Waals surface area contributed by atoms with Gasteiger partial charge in [-0.2, -0.15) is 0 Å². The van der Waals surface area contributed by atoms with E-state index in [4.69, 9.17) is 16.3 Å². The molecule has 30 heavy (non-hydrogen) atoms. The Morgan fingerprint density at radius 3 is 2.63 bits per heavy atom. The van der Waals surface area contributed by atoms with Gasteiger partial charge in [0.25, 0.3) is 0 Å². The first-order valence-corrected chi connectivity index (χ1v) is 10.1. The van der Waals surface area contributed by atoms with Crippen LogP contribution < -0.4 is 0 Å². The first-order valence-electron chi connectivity index (χ1n) is 9.77. The highest BCUT2D eigenvalue weighted by atomic mass is 35.5. The summed E-state index contributed by atoms with van der Waals surface area (Å²) in [6.45, 7) is 6.47. The lowest BCUT2D eigenvalue weighted by atomic mass is 10.1. The number of rotatable bonds is 3. The third-order valence-electron chi connectivity index (χ3n) is 4.89. The molecule has 8 nitrogen and oxygen atoms in total.